The summed E-state index contributed by atoms with van der Waals surface area (Å²) in [5.41, 5.74) is 0.612. The Bertz CT molecular complexity index is 427. The molecule has 0 radical (unpaired) electrons. The summed E-state index contributed by atoms with van der Waals surface area (Å²) >= 11 is 0. The highest BCUT2D eigenvalue weighted by molar-refractivity contribution is 5.49. The van der Waals surface area contributed by atoms with Gasteiger partial charge in [-0.05, 0) is 19.2 Å². The van der Waals surface area contributed by atoms with Crippen molar-refractivity contribution in [3.05, 3.63) is 30.1 Å². The Balaban J connectivity index is 2.24. The number of likely N-dealkylation sites (N-methyl/N-ethyl adjacent to an activating group) is 1. The van der Waals surface area contributed by atoms with Crippen LogP contribution in [0.15, 0.2) is 24.3 Å². The Labute approximate surface area is 101 Å². The van der Waals surface area contributed by atoms with Crippen molar-refractivity contribution in [2.24, 2.45) is 0 Å². The molecule has 1 atom stereocenters. The fourth-order valence-corrected chi connectivity index (χ4v) is 2.29. The summed E-state index contributed by atoms with van der Waals surface area (Å²) in [7, 11) is 2.03. The molecule has 0 bridgehead atoms. The van der Waals surface area contributed by atoms with Crippen molar-refractivity contribution in [3.63, 3.8) is 0 Å². The molecular weight excluding hydrogens is 217 g/mol. The van der Waals surface area contributed by atoms with Crippen LogP contribution in [-0.2, 0) is 0 Å². The van der Waals surface area contributed by atoms with Gasteiger partial charge in [0.2, 0.25) is 0 Å². The van der Waals surface area contributed by atoms with Gasteiger partial charge in [-0.1, -0.05) is 12.1 Å². The molecule has 0 aromatic heterocycles. The number of hydrogen-bond donors (Lipinski definition) is 0. The van der Waals surface area contributed by atoms with Gasteiger partial charge in [-0.2, -0.15) is 5.26 Å². The second-order valence-electron chi connectivity index (χ2n) is 4.42. The van der Waals surface area contributed by atoms with Gasteiger partial charge in [0.15, 0.2) is 0 Å². The molecule has 1 unspecified atom stereocenters. The van der Waals surface area contributed by atoms with Crippen LogP contribution in [0.1, 0.15) is 6.42 Å². The molecule has 2 rings (SSSR count). The minimum absolute atomic E-state index is 0.0793. The first-order chi connectivity index (χ1) is 8.22. The molecule has 0 amide bonds. The quantitative estimate of drug-likeness (QED) is 0.781. The van der Waals surface area contributed by atoms with Crippen LogP contribution in [0, 0.1) is 17.1 Å². The number of rotatable bonds is 2. The zero-order valence-electron chi connectivity index (χ0n) is 9.93. The lowest BCUT2D eigenvalue weighted by Crippen LogP contribution is -2.52. The van der Waals surface area contributed by atoms with Crippen LogP contribution < -0.4 is 4.90 Å². The number of hydrogen-bond acceptors (Lipinski definition) is 3. The van der Waals surface area contributed by atoms with Gasteiger partial charge in [0.25, 0.3) is 0 Å². The summed E-state index contributed by atoms with van der Waals surface area (Å²) < 4.78 is 13.7. The van der Waals surface area contributed by atoms with Crippen molar-refractivity contribution in [2.45, 2.75) is 12.5 Å². The van der Waals surface area contributed by atoms with E-state index in [2.05, 4.69) is 11.0 Å². The zero-order chi connectivity index (χ0) is 12.3. The molecular formula is C13H16FN3. The smallest absolute Gasteiger partial charge is 0.146 e. The molecule has 0 spiro atoms. The first-order valence-electron chi connectivity index (χ1n) is 5.79. The lowest BCUT2D eigenvalue weighted by molar-refractivity contribution is 0.267. The van der Waals surface area contributed by atoms with E-state index in [9.17, 15) is 4.39 Å². The average Bonchev–Trinajstić information content (AvgIpc) is 2.31. The predicted octanol–water partition coefficient (Wildman–Crippen LogP) is 1.86. The lowest BCUT2D eigenvalue weighted by Gasteiger charge is -2.40. The fraction of sp³-hybridized carbons (Fsp3) is 0.462. The molecule has 1 fully saturated rings. The number of anilines is 1. The Morgan fingerprint density at radius 3 is 2.88 bits per heavy atom. The van der Waals surface area contributed by atoms with Crippen molar-refractivity contribution in [2.75, 3.05) is 31.6 Å². The molecule has 1 aromatic rings. The van der Waals surface area contributed by atoms with Gasteiger partial charge in [-0.25, -0.2) is 4.39 Å². The number of piperazine rings is 1. The van der Waals surface area contributed by atoms with Crippen molar-refractivity contribution in [1.29, 1.82) is 5.26 Å². The SMILES string of the molecule is CN1CCN(c2ccccc2F)C(CC#N)C1. The minimum Gasteiger partial charge on any atom is -0.363 e. The Morgan fingerprint density at radius 1 is 1.41 bits per heavy atom. The molecule has 3 nitrogen and oxygen atoms in total. The average molecular weight is 233 g/mol. The van der Waals surface area contributed by atoms with Gasteiger partial charge in [-0.3, -0.25) is 0 Å². The maximum Gasteiger partial charge on any atom is 0.146 e. The van der Waals surface area contributed by atoms with Crippen LogP contribution in [0.3, 0.4) is 0 Å². The van der Waals surface area contributed by atoms with Crippen LogP contribution in [0.5, 0.6) is 0 Å². The molecule has 1 heterocycles. The molecule has 1 saturated heterocycles. The van der Waals surface area contributed by atoms with Gasteiger partial charge < -0.3 is 9.80 Å². The molecule has 4 heteroatoms. The summed E-state index contributed by atoms with van der Waals surface area (Å²) in [5.74, 6) is -0.208. The highest BCUT2D eigenvalue weighted by Crippen LogP contribution is 2.24. The number of para-hydroxylation sites is 1. The standard InChI is InChI=1S/C13H16FN3/c1-16-8-9-17(11(10-16)6-7-15)13-5-3-2-4-12(13)14/h2-5,11H,6,8-10H2,1H3. The van der Waals surface area contributed by atoms with E-state index >= 15 is 0 Å². The molecule has 90 valence electrons. The molecule has 0 aliphatic carbocycles. The van der Waals surface area contributed by atoms with Crippen LogP contribution in [0.2, 0.25) is 0 Å². The van der Waals surface area contributed by atoms with E-state index in [1.807, 2.05) is 18.0 Å². The van der Waals surface area contributed by atoms with Crippen molar-refractivity contribution in [3.8, 4) is 6.07 Å². The second kappa shape index (κ2) is 5.15. The normalized spacial score (nSPS) is 21.2. The van der Waals surface area contributed by atoms with E-state index in [4.69, 9.17) is 5.26 Å². The van der Waals surface area contributed by atoms with Gasteiger partial charge in [0.1, 0.15) is 5.82 Å². The van der Waals surface area contributed by atoms with Gasteiger partial charge in [0, 0.05) is 19.6 Å². The number of halogens is 1. The molecule has 1 aromatic carbocycles. The number of nitrogens with zero attached hydrogens (tertiary/aromatic N) is 3. The van der Waals surface area contributed by atoms with E-state index in [-0.39, 0.29) is 11.9 Å². The maximum atomic E-state index is 13.7. The third-order valence-corrected chi connectivity index (χ3v) is 3.17. The summed E-state index contributed by atoms with van der Waals surface area (Å²) in [6, 6.07) is 9.04. The lowest BCUT2D eigenvalue weighted by atomic mass is 10.1. The largest absolute Gasteiger partial charge is 0.363 e. The van der Waals surface area contributed by atoms with Crippen molar-refractivity contribution in [1.82, 2.24) is 4.90 Å². The Kier molecular flexibility index (Phi) is 3.60. The van der Waals surface area contributed by atoms with Crippen LogP contribution in [0.4, 0.5) is 10.1 Å². The highest BCUT2D eigenvalue weighted by Gasteiger charge is 2.26. The molecule has 1 aliphatic heterocycles. The van der Waals surface area contributed by atoms with Gasteiger partial charge >= 0.3 is 0 Å². The van der Waals surface area contributed by atoms with E-state index in [0.29, 0.717) is 12.1 Å². The first kappa shape index (κ1) is 11.9. The summed E-state index contributed by atoms with van der Waals surface area (Å²) in [4.78, 5) is 4.19. The molecule has 0 saturated carbocycles. The molecule has 1 aliphatic rings. The summed E-state index contributed by atoms with van der Waals surface area (Å²) in [6.07, 6.45) is 0.429. The summed E-state index contributed by atoms with van der Waals surface area (Å²) in [6.45, 7) is 2.47. The maximum absolute atomic E-state index is 13.7. The van der Waals surface area contributed by atoms with E-state index in [1.165, 1.54) is 6.07 Å². The van der Waals surface area contributed by atoms with Crippen LogP contribution in [-0.4, -0.2) is 37.6 Å². The fourth-order valence-electron chi connectivity index (χ4n) is 2.29. The molecule has 17 heavy (non-hydrogen) atoms. The van der Waals surface area contributed by atoms with Crippen molar-refractivity contribution >= 4 is 5.69 Å². The molecule has 0 N–H and O–H groups in total. The highest BCUT2D eigenvalue weighted by atomic mass is 19.1. The monoisotopic (exact) mass is 233 g/mol. The van der Waals surface area contributed by atoms with E-state index in [0.717, 1.165) is 19.6 Å². The van der Waals surface area contributed by atoms with E-state index in [1.54, 1.807) is 12.1 Å². The Hall–Kier alpha value is -1.60. The zero-order valence-corrected chi connectivity index (χ0v) is 9.93. The van der Waals surface area contributed by atoms with Gasteiger partial charge in [-0.15, -0.1) is 0 Å². The third kappa shape index (κ3) is 2.56. The predicted molar refractivity (Wildman–Crippen MR) is 65.3 cm³/mol. The van der Waals surface area contributed by atoms with Crippen LogP contribution >= 0.6 is 0 Å². The van der Waals surface area contributed by atoms with E-state index < -0.39 is 0 Å². The number of benzene rings is 1. The third-order valence-electron chi connectivity index (χ3n) is 3.17. The summed E-state index contributed by atoms with van der Waals surface area (Å²) in [5, 5.41) is 8.85. The topological polar surface area (TPSA) is 30.3 Å². The number of nitriles is 1. The minimum atomic E-state index is -0.208. The second-order valence-corrected chi connectivity index (χ2v) is 4.42. The Morgan fingerprint density at radius 2 is 2.18 bits per heavy atom. The van der Waals surface area contributed by atoms with Crippen LogP contribution in [0.25, 0.3) is 0 Å². The first-order valence-corrected chi connectivity index (χ1v) is 5.79. The van der Waals surface area contributed by atoms with Gasteiger partial charge in [0.05, 0.1) is 24.2 Å². The van der Waals surface area contributed by atoms with Crippen molar-refractivity contribution < 1.29 is 4.39 Å².